The Hall–Kier alpha value is -3.29. The molecule has 0 bridgehead atoms. The molecule has 186 valence electrons. The molecular formula is C27H36N6O2. The number of hydrogen-bond donors (Lipinski definition) is 1. The van der Waals surface area contributed by atoms with Crippen molar-refractivity contribution in [3.8, 4) is 0 Å². The van der Waals surface area contributed by atoms with Crippen LogP contribution in [0.2, 0.25) is 0 Å². The normalized spacial score (nSPS) is 14.5. The van der Waals surface area contributed by atoms with Crippen LogP contribution in [0.5, 0.6) is 0 Å². The van der Waals surface area contributed by atoms with Crippen molar-refractivity contribution in [3.05, 3.63) is 65.1 Å². The Balaban J connectivity index is 1.47. The molecule has 3 aromatic heterocycles. The van der Waals surface area contributed by atoms with Gasteiger partial charge in [0.2, 0.25) is 0 Å². The third-order valence-corrected chi connectivity index (χ3v) is 6.08. The molecule has 0 amide bonds. The Morgan fingerprint density at radius 1 is 1.14 bits per heavy atom. The van der Waals surface area contributed by atoms with Crippen LogP contribution < -0.4 is 5.32 Å². The third kappa shape index (κ3) is 6.87. The van der Waals surface area contributed by atoms with Gasteiger partial charge in [0.25, 0.3) is 0 Å². The van der Waals surface area contributed by atoms with Gasteiger partial charge in [0.05, 0.1) is 12.5 Å². The number of anilines is 1. The van der Waals surface area contributed by atoms with Gasteiger partial charge in [-0.2, -0.15) is 5.10 Å². The molecule has 1 aliphatic rings. The number of fused-ring (bicyclic) bond motifs is 1. The monoisotopic (exact) mass is 476 g/mol. The Morgan fingerprint density at radius 2 is 1.94 bits per heavy atom. The van der Waals surface area contributed by atoms with E-state index in [1.54, 1.807) is 18.6 Å². The van der Waals surface area contributed by atoms with Crippen LogP contribution in [0, 0.1) is 6.92 Å². The number of esters is 1. The molecule has 1 aliphatic heterocycles. The van der Waals surface area contributed by atoms with Crippen LogP contribution in [0.3, 0.4) is 0 Å². The number of aryl methyl sites for hydroxylation is 4. The van der Waals surface area contributed by atoms with Gasteiger partial charge >= 0.3 is 5.97 Å². The zero-order chi connectivity index (χ0) is 24.8. The van der Waals surface area contributed by atoms with E-state index in [-0.39, 0.29) is 18.4 Å². The van der Waals surface area contributed by atoms with Crippen molar-refractivity contribution in [1.82, 2.24) is 24.7 Å². The highest BCUT2D eigenvalue weighted by atomic mass is 16.6. The zero-order valence-electron chi connectivity index (χ0n) is 21.3. The largest absolute Gasteiger partial charge is 0.460 e. The van der Waals surface area contributed by atoms with Gasteiger partial charge in [-0.3, -0.25) is 9.48 Å². The van der Waals surface area contributed by atoms with Gasteiger partial charge in [0.1, 0.15) is 17.2 Å². The number of carbonyl (C=O) groups excluding carboxylic acids is 1. The summed E-state index contributed by atoms with van der Waals surface area (Å²) in [5.41, 5.74) is 3.77. The van der Waals surface area contributed by atoms with Crippen molar-refractivity contribution in [1.29, 1.82) is 0 Å². The Bertz CT molecular complexity index is 1130. The van der Waals surface area contributed by atoms with E-state index >= 15 is 0 Å². The van der Waals surface area contributed by atoms with Crippen molar-refractivity contribution >= 4 is 11.8 Å². The molecule has 0 aromatic carbocycles. The number of hydrogen-bond acceptors (Lipinski definition) is 7. The van der Waals surface area contributed by atoms with Crippen molar-refractivity contribution < 1.29 is 9.53 Å². The molecule has 0 saturated heterocycles. The molecule has 3 aromatic rings. The number of nitrogens with zero attached hydrogens (tertiary/aromatic N) is 5. The summed E-state index contributed by atoms with van der Waals surface area (Å²) in [6.07, 6.45) is 11.6. The number of ether oxygens (including phenoxy) is 1. The summed E-state index contributed by atoms with van der Waals surface area (Å²) < 4.78 is 7.53. The maximum Gasteiger partial charge on any atom is 0.308 e. The van der Waals surface area contributed by atoms with Crippen LogP contribution in [-0.4, -0.2) is 42.8 Å². The van der Waals surface area contributed by atoms with Gasteiger partial charge in [-0.15, -0.1) is 0 Å². The molecule has 4 rings (SSSR count). The summed E-state index contributed by atoms with van der Waals surface area (Å²) in [6.45, 7) is 8.46. The highest BCUT2D eigenvalue weighted by Crippen LogP contribution is 2.25. The quantitative estimate of drug-likeness (QED) is 0.474. The lowest BCUT2D eigenvalue weighted by atomic mass is 10.1. The van der Waals surface area contributed by atoms with E-state index in [2.05, 4.69) is 32.5 Å². The molecule has 1 atom stereocenters. The highest BCUT2D eigenvalue weighted by molar-refractivity contribution is 5.71. The second-order valence-corrected chi connectivity index (χ2v) is 10.2. The predicted molar refractivity (Wildman–Crippen MR) is 135 cm³/mol. The fourth-order valence-corrected chi connectivity index (χ4v) is 4.40. The molecule has 8 nitrogen and oxygen atoms in total. The van der Waals surface area contributed by atoms with Gasteiger partial charge < -0.3 is 10.1 Å². The molecule has 0 aliphatic carbocycles. The molecule has 35 heavy (non-hydrogen) atoms. The van der Waals surface area contributed by atoms with Crippen LogP contribution in [0.4, 0.5) is 5.82 Å². The van der Waals surface area contributed by atoms with Crippen LogP contribution in [0.25, 0.3) is 0 Å². The van der Waals surface area contributed by atoms with Crippen molar-refractivity contribution in [2.75, 3.05) is 11.9 Å². The predicted octanol–water partition coefficient (Wildman–Crippen LogP) is 4.62. The summed E-state index contributed by atoms with van der Waals surface area (Å²) in [5.74, 6) is 1.46. The number of aromatic nitrogens is 5. The van der Waals surface area contributed by atoms with E-state index in [0.717, 1.165) is 55.0 Å². The Kier molecular flexibility index (Phi) is 7.78. The lowest BCUT2D eigenvalue weighted by Gasteiger charge is -2.23. The van der Waals surface area contributed by atoms with Crippen LogP contribution in [-0.2, 0) is 28.8 Å². The van der Waals surface area contributed by atoms with Gasteiger partial charge in [0, 0.05) is 42.1 Å². The molecule has 4 heterocycles. The van der Waals surface area contributed by atoms with E-state index < -0.39 is 5.60 Å². The van der Waals surface area contributed by atoms with Crippen LogP contribution >= 0.6 is 0 Å². The number of carbonyl (C=O) groups is 1. The SMILES string of the molecule is Cc1ncc(C(CC(=O)OC(C)(C)C)n2nccc2CCCc2ccc3c(n2)NCCCC3)cn1. The average Bonchev–Trinajstić information content (AvgIpc) is 3.13. The number of nitrogens with one attached hydrogen (secondary N) is 1. The first-order chi connectivity index (χ1) is 16.8. The molecule has 0 fully saturated rings. The summed E-state index contributed by atoms with van der Waals surface area (Å²) in [5, 5.41) is 8.06. The van der Waals surface area contributed by atoms with Crippen LogP contribution in [0.1, 0.15) is 80.8 Å². The fraction of sp³-hybridized carbons (Fsp3) is 0.519. The van der Waals surface area contributed by atoms with Gasteiger partial charge in [0.15, 0.2) is 0 Å². The molecule has 8 heteroatoms. The minimum atomic E-state index is -0.548. The zero-order valence-corrected chi connectivity index (χ0v) is 21.3. The summed E-state index contributed by atoms with van der Waals surface area (Å²) in [4.78, 5) is 26.3. The average molecular weight is 477 g/mol. The first-order valence-corrected chi connectivity index (χ1v) is 12.5. The first kappa shape index (κ1) is 24.8. The minimum absolute atomic E-state index is 0.163. The van der Waals surface area contributed by atoms with Crippen molar-refractivity contribution in [2.24, 2.45) is 0 Å². The molecular weight excluding hydrogens is 440 g/mol. The van der Waals surface area contributed by atoms with E-state index in [1.165, 1.54) is 18.4 Å². The summed E-state index contributed by atoms with van der Waals surface area (Å²) in [6, 6.07) is 6.06. The lowest BCUT2D eigenvalue weighted by molar-refractivity contribution is -0.155. The van der Waals surface area contributed by atoms with E-state index in [4.69, 9.17) is 9.72 Å². The fourth-order valence-electron chi connectivity index (χ4n) is 4.40. The highest BCUT2D eigenvalue weighted by Gasteiger charge is 2.25. The van der Waals surface area contributed by atoms with Gasteiger partial charge in [-0.1, -0.05) is 6.07 Å². The maximum absolute atomic E-state index is 12.7. The van der Waals surface area contributed by atoms with Crippen molar-refractivity contribution in [3.63, 3.8) is 0 Å². The second kappa shape index (κ2) is 11.0. The summed E-state index contributed by atoms with van der Waals surface area (Å²) in [7, 11) is 0. The van der Waals surface area contributed by atoms with E-state index in [1.807, 2.05) is 38.4 Å². The first-order valence-electron chi connectivity index (χ1n) is 12.5. The summed E-state index contributed by atoms with van der Waals surface area (Å²) >= 11 is 0. The molecule has 1 unspecified atom stereocenters. The second-order valence-electron chi connectivity index (χ2n) is 10.2. The van der Waals surface area contributed by atoms with Crippen molar-refractivity contribution in [2.45, 2.75) is 84.3 Å². The third-order valence-electron chi connectivity index (χ3n) is 6.08. The number of rotatable bonds is 8. The van der Waals surface area contributed by atoms with Crippen LogP contribution in [0.15, 0.2) is 36.8 Å². The van der Waals surface area contributed by atoms with E-state index in [9.17, 15) is 4.79 Å². The molecule has 0 radical (unpaired) electrons. The minimum Gasteiger partial charge on any atom is -0.460 e. The topological polar surface area (TPSA) is 94.8 Å². The molecule has 1 N–H and O–H groups in total. The molecule has 0 saturated carbocycles. The Morgan fingerprint density at radius 3 is 2.71 bits per heavy atom. The van der Waals surface area contributed by atoms with Gasteiger partial charge in [-0.05, 0) is 83.9 Å². The number of pyridine rings is 1. The van der Waals surface area contributed by atoms with E-state index in [0.29, 0.717) is 5.82 Å². The smallest absolute Gasteiger partial charge is 0.308 e. The maximum atomic E-state index is 12.7. The lowest BCUT2D eigenvalue weighted by Crippen LogP contribution is -2.27. The molecule has 0 spiro atoms. The van der Waals surface area contributed by atoms with Gasteiger partial charge in [-0.25, -0.2) is 15.0 Å². The standard InChI is InChI=1S/C27H36N6O2/c1-19-29-17-21(18-30-19)24(16-25(34)35-27(2,3)4)33-23(13-15-31-33)10-7-9-22-12-11-20-8-5-6-14-28-26(20)32-22/h11-13,15,17-18,24H,5-10,14,16H2,1-4H3,(H,28,32). The Labute approximate surface area is 207 Å².